The average molecular weight is 289 g/mol. The highest BCUT2D eigenvalue weighted by Gasteiger charge is 2.14. The Labute approximate surface area is 123 Å². The quantitative estimate of drug-likeness (QED) is 0.913. The van der Waals surface area contributed by atoms with E-state index >= 15 is 0 Å². The van der Waals surface area contributed by atoms with E-state index in [0.29, 0.717) is 17.1 Å². The predicted molar refractivity (Wildman–Crippen MR) is 78.6 cm³/mol. The van der Waals surface area contributed by atoms with Crippen LogP contribution in [-0.2, 0) is 7.05 Å². The first kappa shape index (κ1) is 14.9. The number of hydrogen-bond acceptors (Lipinski definition) is 4. The molecule has 1 aromatic heterocycles. The number of hydrogen-bond donors (Lipinski definition) is 1. The number of carbonyl (C=O) groups is 1. The summed E-state index contributed by atoms with van der Waals surface area (Å²) in [4.78, 5) is 12.3. The molecule has 1 atom stereocenters. The van der Waals surface area contributed by atoms with Crippen LogP contribution in [0.2, 0.25) is 0 Å². The molecule has 2 rings (SSSR count). The largest absolute Gasteiger partial charge is 0.497 e. The van der Waals surface area contributed by atoms with Gasteiger partial charge in [0.15, 0.2) is 0 Å². The van der Waals surface area contributed by atoms with Crippen LogP contribution in [-0.4, -0.2) is 29.9 Å². The van der Waals surface area contributed by atoms with E-state index in [9.17, 15) is 4.79 Å². The summed E-state index contributed by atoms with van der Waals surface area (Å²) in [6.45, 7) is 1.91. The Bertz CT molecular complexity index is 615. The van der Waals surface area contributed by atoms with Crippen molar-refractivity contribution in [3.63, 3.8) is 0 Å². The van der Waals surface area contributed by atoms with Crippen molar-refractivity contribution < 1.29 is 14.3 Å². The molecule has 0 fully saturated rings. The number of ether oxygens (including phenoxy) is 2. The second-order valence-corrected chi connectivity index (χ2v) is 4.74. The van der Waals surface area contributed by atoms with Gasteiger partial charge in [0.2, 0.25) is 0 Å². The van der Waals surface area contributed by atoms with E-state index < -0.39 is 0 Å². The average Bonchev–Trinajstić information content (AvgIpc) is 2.93. The summed E-state index contributed by atoms with van der Waals surface area (Å²) in [5.41, 5.74) is 1.43. The van der Waals surface area contributed by atoms with E-state index in [-0.39, 0.29) is 11.9 Å². The van der Waals surface area contributed by atoms with E-state index in [4.69, 9.17) is 9.47 Å². The standard InChI is InChI=1S/C15H19N3O3/c1-10(12-8-16-18(2)9-12)17-15(19)11-5-13(20-3)7-14(6-11)21-4/h5-10H,1-4H3,(H,17,19). The van der Waals surface area contributed by atoms with Crippen LogP contribution in [0.4, 0.5) is 0 Å². The minimum atomic E-state index is -0.191. The van der Waals surface area contributed by atoms with Gasteiger partial charge in [0.05, 0.1) is 26.5 Å². The van der Waals surface area contributed by atoms with Crippen LogP contribution in [0.1, 0.15) is 28.9 Å². The Balaban J connectivity index is 2.16. The molecule has 6 nitrogen and oxygen atoms in total. The monoisotopic (exact) mass is 289 g/mol. The van der Waals surface area contributed by atoms with Crippen LogP contribution in [0, 0.1) is 0 Å². The molecule has 0 aliphatic rings. The third kappa shape index (κ3) is 3.53. The van der Waals surface area contributed by atoms with Gasteiger partial charge in [-0.25, -0.2) is 0 Å². The fraction of sp³-hybridized carbons (Fsp3) is 0.333. The number of methoxy groups -OCH3 is 2. The molecule has 112 valence electrons. The maximum Gasteiger partial charge on any atom is 0.252 e. The maximum absolute atomic E-state index is 12.3. The predicted octanol–water partition coefficient (Wildman–Crippen LogP) is 1.93. The Kier molecular flexibility index (Phi) is 4.47. The van der Waals surface area contributed by atoms with Crippen LogP contribution in [0.3, 0.4) is 0 Å². The highest BCUT2D eigenvalue weighted by Crippen LogP contribution is 2.23. The highest BCUT2D eigenvalue weighted by atomic mass is 16.5. The lowest BCUT2D eigenvalue weighted by molar-refractivity contribution is 0.0939. The highest BCUT2D eigenvalue weighted by molar-refractivity contribution is 5.95. The van der Waals surface area contributed by atoms with Gasteiger partial charge in [0, 0.05) is 30.4 Å². The van der Waals surface area contributed by atoms with E-state index in [1.807, 2.05) is 20.2 Å². The Morgan fingerprint density at radius 1 is 1.24 bits per heavy atom. The zero-order valence-electron chi connectivity index (χ0n) is 12.6. The van der Waals surface area contributed by atoms with E-state index in [2.05, 4.69) is 10.4 Å². The van der Waals surface area contributed by atoms with Crippen molar-refractivity contribution in [3.05, 3.63) is 41.7 Å². The molecule has 0 radical (unpaired) electrons. The van der Waals surface area contributed by atoms with Crippen molar-refractivity contribution in [3.8, 4) is 11.5 Å². The van der Waals surface area contributed by atoms with Gasteiger partial charge in [-0.05, 0) is 19.1 Å². The summed E-state index contributed by atoms with van der Waals surface area (Å²) in [5, 5.41) is 7.02. The molecule has 0 aliphatic heterocycles. The molecule has 0 saturated carbocycles. The first-order valence-electron chi connectivity index (χ1n) is 6.56. The summed E-state index contributed by atoms with van der Waals surface area (Å²) in [7, 11) is 4.94. The van der Waals surface area contributed by atoms with Crippen LogP contribution < -0.4 is 14.8 Å². The number of benzene rings is 1. The molecular formula is C15H19N3O3. The molecule has 2 aromatic rings. The van der Waals surface area contributed by atoms with Gasteiger partial charge < -0.3 is 14.8 Å². The van der Waals surface area contributed by atoms with Gasteiger partial charge in [0.25, 0.3) is 5.91 Å². The minimum Gasteiger partial charge on any atom is -0.497 e. The number of aromatic nitrogens is 2. The summed E-state index contributed by atoms with van der Waals surface area (Å²) in [6.07, 6.45) is 3.61. The molecule has 0 aliphatic carbocycles. The number of aryl methyl sites for hydroxylation is 1. The van der Waals surface area contributed by atoms with Crippen molar-refractivity contribution >= 4 is 5.91 Å². The maximum atomic E-state index is 12.3. The Morgan fingerprint density at radius 2 is 1.86 bits per heavy atom. The number of carbonyl (C=O) groups excluding carboxylic acids is 1. The zero-order chi connectivity index (χ0) is 15.4. The Hall–Kier alpha value is -2.50. The van der Waals surface area contributed by atoms with Gasteiger partial charge >= 0.3 is 0 Å². The van der Waals surface area contributed by atoms with Gasteiger partial charge in [-0.2, -0.15) is 5.10 Å². The van der Waals surface area contributed by atoms with Crippen LogP contribution >= 0.6 is 0 Å². The van der Waals surface area contributed by atoms with Crippen LogP contribution in [0.15, 0.2) is 30.6 Å². The zero-order valence-corrected chi connectivity index (χ0v) is 12.6. The number of nitrogens with zero attached hydrogens (tertiary/aromatic N) is 2. The lowest BCUT2D eigenvalue weighted by atomic mass is 10.1. The van der Waals surface area contributed by atoms with Crippen molar-refractivity contribution in [1.29, 1.82) is 0 Å². The van der Waals surface area contributed by atoms with Crippen molar-refractivity contribution in [2.75, 3.05) is 14.2 Å². The molecule has 0 spiro atoms. The van der Waals surface area contributed by atoms with Crippen molar-refractivity contribution in [2.45, 2.75) is 13.0 Å². The summed E-state index contributed by atoms with van der Waals surface area (Å²) in [6, 6.07) is 4.94. The van der Waals surface area contributed by atoms with Gasteiger partial charge in [0.1, 0.15) is 11.5 Å². The Morgan fingerprint density at radius 3 is 2.33 bits per heavy atom. The molecule has 1 heterocycles. The smallest absolute Gasteiger partial charge is 0.252 e. The van der Waals surface area contributed by atoms with Gasteiger partial charge in [-0.3, -0.25) is 9.48 Å². The summed E-state index contributed by atoms with van der Waals surface area (Å²) < 4.78 is 12.0. The molecule has 0 saturated heterocycles. The van der Waals surface area contributed by atoms with E-state index in [1.54, 1.807) is 43.3 Å². The molecular weight excluding hydrogens is 270 g/mol. The molecule has 1 aromatic carbocycles. The topological polar surface area (TPSA) is 65.4 Å². The second-order valence-electron chi connectivity index (χ2n) is 4.74. The van der Waals surface area contributed by atoms with Crippen LogP contribution in [0.5, 0.6) is 11.5 Å². The van der Waals surface area contributed by atoms with Crippen molar-refractivity contribution in [1.82, 2.24) is 15.1 Å². The van der Waals surface area contributed by atoms with Gasteiger partial charge in [-0.15, -0.1) is 0 Å². The van der Waals surface area contributed by atoms with Gasteiger partial charge in [-0.1, -0.05) is 0 Å². The first-order chi connectivity index (χ1) is 10.0. The molecule has 0 bridgehead atoms. The second kappa shape index (κ2) is 6.30. The normalized spacial score (nSPS) is 11.8. The van der Waals surface area contributed by atoms with E-state index in [0.717, 1.165) is 5.56 Å². The molecule has 6 heteroatoms. The molecule has 1 amide bonds. The summed E-state index contributed by atoms with van der Waals surface area (Å²) >= 11 is 0. The lowest BCUT2D eigenvalue weighted by Crippen LogP contribution is -2.26. The molecule has 21 heavy (non-hydrogen) atoms. The molecule has 1 N–H and O–H groups in total. The number of amides is 1. The van der Waals surface area contributed by atoms with Crippen LogP contribution in [0.25, 0.3) is 0 Å². The first-order valence-corrected chi connectivity index (χ1v) is 6.56. The third-order valence-electron chi connectivity index (χ3n) is 3.19. The lowest BCUT2D eigenvalue weighted by Gasteiger charge is -2.13. The fourth-order valence-electron chi connectivity index (χ4n) is 1.97. The SMILES string of the molecule is COc1cc(OC)cc(C(=O)NC(C)c2cnn(C)c2)c1. The van der Waals surface area contributed by atoms with Crippen molar-refractivity contribution in [2.24, 2.45) is 7.05 Å². The summed E-state index contributed by atoms with van der Waals surface area (Å²) in [5.74, 6) is 0.964. The minimum absolute atomic E-state index is 0.136. The number of rotatable bonds is 5. The fourth-order valence-corrected chi connectivity index (χ4v) is 1.97. The van der Waals surface area contributed by atoms with E-state index in [1.165, 1.54) is 0 Å². The number of nitrogens with one attached hydrogen (secondary N) is 1. The third-order valence-corrected chi connectivity index (χ3v) is 3.19. The molecule has 1 unspecified atom stereocenters.